The van der Waals surface area contributed by atoms with Gasteiger partial charge in [0.1, 0.15) is 0 Å². The predicted molar refractivity (Wildman–Crippen MR) is 54.8 cm³/mol. The van der Waals surface area contributed by atoms with E-state index in [0.717, 1.165) is 17.1 Å². The molecule has 3 heteroatoms. The lowest BCUT2D eigenvalue weighted by Gasteiger charge is -2.09. The molecular weight excluding hydrogens is 178 g/mol. The second kappa shape index (κ2) is 3.88. The van der Waals surface area contributed by atoms with Crippen LogP contribution < -0.4 is 14.8 Å². The third kappa shape index (κ3) is 1.82. The number of rotatable bonds is 3. The molecule has 3 nitrogen and oxygen atoms in total. The van der Waals surface area contributed by atoms with Gasteiger partial charge in [-0.25, -0.2) is 0 Å². The minimum atomic E-state index is -0.645. The zero-order chi connectivity index (χ0) is 10.9. The highest BCUT2D eigenvalue weighted by Gasteiger charge is 2.13. The number of hydrogen-bond acceptors (Lipinski definition) is 3. The van der Waals surface area contributed by atoms with Crippen molar-refractivity contribution in [2.45, 2.75) is 19.4 Å². The van der Waals surface area contributed by atoms with Crippen molar-refractivity contribution in [2.24, 2.45) is 0 Å². The van der Waals surface area contributed by atoms with E-state index >= 15 is 0 Å². The molecule has 0 aromatic heterocycles. The fourth-order valence-electron chi connectivity index (χ4n) is 1.45. The molecule has 0 spiro atoms. The van der Waals surface area contributed by atoms with Gasteiger partial charge in [-0.2, -0.15) is 0 Å². The van der Waals surface area contributed by atoms with Crippen molar-refractivity contribution in [2.75, 3.05) is 13.8 Å². The molecule has 76 valence electrons. The van der Waals surface area contributed by atoms with E-state index in [2.05, 4.69) is 5.32 Å². The number of fused-ring (bicyclic) bond motifs is 1. The summed E-state index contributed by atoms with van der Waals surface area (Å²) in [5, 5.41) is 2.95. The van der Waals surface area contributed by atoms with E-state index in [1.165, 1.54) is 0 Å². The first kappa shape index (κ1) is 8.12. The van der Waals surface area contributed by atoms with E-state index in [1.54, 1.807) is 7.05 Å². The lowest BCUT2D eigenvalue weighted by atomic mass is 10.1. The molecule has 0 amide bonds. The smallest absolute Gasteiger partial charge is 0.231 e. The highest BCUT2D eigenvalue weighted by Crippen LogP contribution is 2.32. The lowest BCUT2D eigenvalue weighted by molar-refractivity contribution is 0.174. The van der Waals surface area contributed by atoms with Crippen LogP contribution in [-0.2, 0) is 6.42 Å². The van der Waals surface area contributed by atoms with Crippen molar-refractivity contribution in [3.63, 3.8) is 0 Å². The molecule has 1 aromatic carbocycles. The van der Waals surface area contributed by atoms with Crippen LogP contribution in [0.4, 0.5) is 0 Å². The van der Waals surface area contributed by atoms with Crippen LogP contribution in [0.3, 0.4) is 0 Å². The molecule has 1 heterocycles. The molecule has 0 saturated carbocycles. The predicted octanol–water partition coefficient (Wildman–Crippen LogP) is 1.57. The number of nitrogens with one attached hydrogen (secondary N) is 1. The van der Waals surface area contributed by atoms with Crippen LogP contribution in [0.1, 0.15) is 13.9 Å². The zero-order valence-corrected chi connectivity index (χ0v) is 8.46. The van der Waals surface area contributed by atoms with Gasteiger partial charge in [-0.05, 0) is 38.1 Å². The lowest BCUT2D eigenvalue weighted by Crippen LogP contribution is -2.23. The Morgan fingerprint density at radius 3 is 3.07 bits per heavy atom. The van der Waals surface area contributed by atoms with Gasteiger partial charge in [0.05, 0.1) is 0 Å². The molecule has 2 rings (SSSR count). The van der Waals surface area contributed by atoms with Crippen molar-refractivity contribution < 1.29 is 10.8 Å². The maximum atomic E-state index is 7.93. The first-order valence-corrected chi connectivity index (χ1v) is 4.68. The normalized spacial score (nSPS) is 18.9. The summed E-state index contributed by atoms with van der Waals surface area (Å²) in [6.45, 7) is 2.14. The largest absolute Gasteiger partial charge is 0.454 e. The van der Waals surface area contributed by atoms with Crippen LogP contribution in [0.2, 0.25) is 0 Å². The quantitative estimate of drug-likeness (QED) is 0.792. The van der Waals surface area contributed by atoms with Gasteiger partial charge in [-0.1, -0.05) is 6.07 Å². The van der Waals surface area contributed by atoms with Crippen LogP contribution in [-0.4, -0.2) is 19.9 Å². The van der Waals surface area contributed by atoms with Gasteiger partial charge in [0.2, 0.25) is 6.79 Å². The summed E-state index contributed by atoms with van der Waals surface area (Å²) in [6.07, 6.45) is 0.639. The van der Waals surface area contributed by atoms with E-state index in [-0.39, 0.29) is 0 Å². The number of ether oxygens (including phenoxy) is 2. The summed E-state index contributed by atoms with van der Waals surface area (Å²) in [5.41, 5.74) is 1.08. The monoisotopic (exact) mass is 194 g/mol. The van der Waals surface area contributed by atoms with Crippen LogP contribution in [0.25, 0.3) is 0 Å². The van der Waals surface area contributed by atoms with Crippen LogP contribution in [0.5, 0.6) is 11.5 Å². The highest BCUT2D eigenvalue weighted by molar-refractivity contribution is 5.44. The molecule has 0 radical (unpaired) electrons. The van der Waals surface area contributed by atoms with Crippen molar-refractivity contribution in [1.82, 2.24) is 5.32 Å². The molecule has 0 saturated heterocycles. The van der Waals surface area contributed by atoms with Crippen molar-refractivity contribution in [1.29, 1.82) is 0 Å². The third-order valence-electron chi connectivity index (χ3n) is 2.33. The van der Waals surface area contributed by atoms with Crippen LogP contribution in [0.15, 0.2) is 18.2 Å². The Labute approximate surface area is 85.4 Å². The second-order valence-electron chi connectivity index (χ2n) is 3.39. The summed E-state index contributed by atoms with van der Waals surface area (Å²) < 4.78 is 18.4. The zero-order valence-electron chi connectivity index (χ0n) is 9.46. The van der Waals surface area contributed by atoms with Gasteiger partial charge in [-0.3, -0.25) is 0 Å². The van der Waals surface area contributed by atoms with Gasteiger partial charge in [-0.15, -0.1) is 0 Å². The fourth-order valence-corrected chi connectivity index (χ4v) is 1.45. The Morgan fingerprint density at radius 2 is 2.29 bits per heavy atom. The molecule has 0 aliphatic carbocycles. The van der Waals surface area contributed by atoms with Gasteiger partial charge < -0.3 is 14.8 Å². The van der Waals surface area contributed by atoms with Gasteiger partial charge in [0.25, 0.3) is 0 Å². The van der Waals surface area contributed by atoms with Crippen LogP contribution >= 0.6 is 0 Å². The molecule has 14 heavy (non-hydrogen) atoms. The second-order valence-corrected chi connectivity index (χ2v) is 3.39. The van der Waals surface area contributed by atoms with Gasteiger partial charge in [0.15, 0.2) is 11.5 Å². The first-order chi connectivity index (χ1) is 7.11. The summed E-state index contributed by atoms with van der Waals surface area (Å²) in [7, 11) is 1.79. The van der Waals surface area contributed by atoms with Gasteiger partial charge >= 0.3 is 0 Å². The molecule has 1 aliphatic heterocycles. The van der Waals surface area contributed by atoms with Crippen molar-refractivity contribution in [3.8, 4) is 11.5 Å². The van der Waals surface area contributed by atoms with E-state index in [9.17, 15) is 0 Å². The summed E-state index contributed by atoms with van der Waals surface area (Å²) in [5.74, 6) is 1.56. The average Bonchev–Trinajstić information content (AvgIpc) is 2.64. The Balaban J connectivity index is 2.17. The van der Waals surface area contributed by atoms with E-state index < -0.39 is 6.02 Å². The number of likely N-dealkylation sites (N-methyl/N-ethyl adjacent to an activating group) is 1. The first-order valence-electron chi connectivity index (χ1n) is 5.18. The van der Waals surface area contributed by atoms with Crippen LogP contribution in [0, 0.1) is 0 Å². The highest BCUT2D eigenvalue weighted by atomic mass is 16.7. The topological polar surface area (TPSA) is 30.5 Å². The molecule has 1 unspecified atom stereocenters. The minimum absolute atomic E-state index is 0.295. The molecule has 0 fully saturated rings. The van der Waals surface area contributed by atoms with E-state index in [0.29, 0.717) is 13.2 Å². The summed E-state index contributed by atoms with van der Waals surface area (Å²) in [4.78, 5) is 0. The maximum Gasteiger partial charge on any atom is 0.231 e. The Hall–Kier alpha value is -1.22. The molecule has 0 bridgehead atoms. The molecule has 1 N–H and O–H groups in total. The molecule has 1 atom stereocenters. The Kier molecular flexibility index (Phi) is 2.25. The molecular formula is C11H15NO2. The number of hydrogen-bond donors (Lipinski definition) is 1. The minimum Gasteiger partial charge on any atom is -0.454 e. The molecule has 1 aliphatic rings. The van der Waals surface area contributed by atoms with Crippen molar-refractivity contribution >= 4 is 0 Å². The maximum absolute atomic E-state index is 7.93. The summed E-state index contributed by atoms with van der Waals surface area (Å²) >= 11 is 0. The summed E-state index contributed by atoms with van der Waals surface area (Å²) in [6, 6.07) is 5.15. The Morgan fingerprint density at radius 1 is 1.50 bits per heavy atom. The fraction of sp³-hybridized carbons (Fsp3) is 0.455. The molecule has 1 aromatic rings. The average molecular weight is 194 g/mol. The van der Waals surface area contributed by atoms with Crippen molar-refractivity contribution in [3.05, 3.63) is 23.8 Å². The van der Waals surface area contributed by atoms with E-state index in [1.807, 2.05) is 25.1 Å². The Bertz CT molecular complexity index is 366. The van der Waals surface area contributed by atoms with E-state index in [4.69, 9.17) is 10.8 Å². The standard InChI is InChI=1S/C11H15NO2/c1-8(12-2)5-9-3-4-10-11(6-9)14-7-13-10/h3-4,6,8,12H,5,7H2,1-2H3/i8D. The number of benzene rings is 1. The SMILES string of the molecule is [2H]C(C)(Cc1ccc2c(c1)OCO2)NC. The van der Waals surface area contributed by atoms with Gasteiger partial charge in [0, 0.05) is 7.39 Å². The third-order valence-corrected chi connectivity index (χ3v) is 2.33.